The number of aromatic amines is 1. The number of nitrogens with zero attached hydrogens (tertiary/aromatic N) is 2. The highest BCUT2D eigenvalue weighted by Crippen LogP contribution is 2.35. The standard InChI is InChI=1S/C24H25Cl2N3O/c1-3-5-15(4-2)17-12-21(25)20(22(26)13-17)11-16-8-9-29(24(16)30)19-6-7-23-18(10-19)14-27-28-23/h3-5,12-14,16,19H,1-2,6-11H2,(H,27,28)/b15-5+. The van der Waals surface area contributed by atoms with Gasteiger partial charge >= 0.3 is 0 Å². The Labute approximate surface area is 187 Å². The van der Waals surface area contributed by atoms with Crippen molar-refractivity contribution < 1.29 is 4.79 Å². The molecule has 2 unspecified atom stereocenters. The minimum absolute atomic E-state index is 0.0841. The van der Waals surface area contributed by atoms with Gasteiger partial charge in [0.15, 0.2) is 0 Å². The zero-order chi connectivity index (χ0) is 21.3. The Morgan fingerprint density at radius 1 is 1.27 bits per heavy atom. The lowest BCUT2D eigenvalue weighted by Gasteiger charge is -2.31. The summed E-state index contributed by atoms with van der Waals surface area (Å²) in [5.41, 5.74) is 5.07. The summed E-state index contributed by atoms with van der Waals surface area (Å²) in [7, 11) is 0. The number of hydrogen-bond donors (Lipinski definition) is 1. The Bertz CT molecular complexity index is 1000. The third-order valence-corrected chi connectivity index (χ3v) is 6.90. The quantitative estimate of drug-likeness (QED) is 0.608. The molecule has 2 atom stereocenters. The van der Waals surface area contributed by atoms with Crippen LogP contribution in [0.1, 0.15) is 35.2 Å². The normalized spacial score (nSPS) is 21.6. The second kappa shape index (κ2) is 8.83. The predicted octanol–water partition coefficient (Wildman–Crippen LogP) is 5.42. The van der Waals surface area contributed by atoms with Gasteiger partial charge in [-0.1, -0.05) is 54.6 Å². The van der Waals surface area contributed by atoms with Gasteiger partial charge in [0, 0.05) is 34.2 Å². The maximum Gasteiger partial charge on any atom is 0.226 e. The Balaban J connectivity index is 1.49. The molecule has 2 aromatic rings. The first-order valence-corrected chi connectivity index (χ1v) is 11.0. The van der Waals surface area contributed by atoms with E-state index in [2.05, 4.69) is 28.3 Å². The van der Waals surface area contributed by atoms with Gasteiger partial charge in [-0.05, 0) is 66.5 Å². The van der Waals surface area contributed by atoms with Crippen molar-refractivity contribution in [3.63, 3.8) is 0 Å². The van der Waals surface area contributed by atoms with Crippen molar-refractivity contribution in [2.24, 2.45) is 5.92 Å². The molecule has 0 radical (unpaired) electrons. The van der Waals surface area contributed by atoms with Crippen LogP contribution >= 0.6 is 23.2 Å². The van der Waals surface area contributed by atoms with E-state index in [1.807, 2.05) is 24.4 Å². The third kappa shape index (κ3) is 3.99. The number of benzene rings is 1. The number of carbonyl (C=O) groups excluding carboxylic acids is 1. The summed E-state index contributed by atoms with van der Waals surface area (Å²) in [5, 5.41) is 8.37. The van der Waals surface area contributed by atoms with Crippen LogP contribution in [0.25, 0.3) is 5.57 Å². The number of aromatic nitrogens is 2. The maximum atomic E-state index is 13.2. The summed E-state index contributed by atoms with van der Waals surface area (Å²) in [6.45, 7) is 8.36. The van der Waals surface area contributed by atoms with E-state index in [4.69, 9.17) is 23.2 Å². The van der Waals surface area contributed by atoms with Crippen LogP contribution in [0, 0.1) is 5.92 Å². The second-order valence-corrected chi connectivity index (χ2v) is 8.79. The van der Waals surface area contributed by atoms with E-state index in [9.17, 15) is 4.79 Å². The average molecular weight is 442 g/mol. The lowest BCUT2D eigenvalue weighted by molar-refractivity contribution is -0.133. The Morgan fingerprint density at radius 3 is 2.73 bits per heavy atom. The summed E-state index contributed by atoms with van der Waals surface area (Å²) in [4.78, 5) is 15.2. The molecule has 1 saturated heterocycles. The largest absolute Gasteiger partial charge is 0.339 e. The van der Waals surface area contributed by atoms with Crippen molar-refractivity contribution in [2.45, 2.75) is 38.1 Å². The fourth-order valence-corrected chi connectivity index (χ4v) is 5.24. The van der Waals surface area contributed by atoms with E-state index >= 15 is 0 Å². The summed E-state index contributed by atoms with van der Waals surface area (Å²) >= 11 is 13.2. The first-order valence-electron chi connectivity index (χ1n) is 10.3. The number of nitrogens with one attached hydrogen (secondary N) is 1. The van der Waals surface area contributed by atoms with Gasteiger partial charge < -0.3 is 4.90 Å². The topological polar surface area (TPSA) is 49.0 Å². The molecular weight excluding hydrogens is 417 g/mol. The van der Waals surface area contributed by atoms with E-state index in [-0.39, 0.29) is 17.9 Å². The number of hydrogen-bond acceptors (Lipinski definition) is 2. The Morgan fingerprint density at radius 2 is 2.03 bits per heavy atom. The van der Waals surface area contributed by atoms with Gasteiger partial charge in [-0.2, -0.15) is 5.10 Å². The number of rotatable bonds is 6. The molecule has 156 valence electrons. The van der Waals surface area contributed by atoms with E-state index < -0.39 is 0 Å². The van der Waals surface area contributed by atoms with Crippen molar-refractivity contribution in [2.75, 3.05) is 6.54 Å². The minimum Gasteiger partial charge on any atom is -0.339 e. The molecule has 2 aliphatic rings. The van der Waals surface area contributed by atoms with Crippen LogP contribution in [-0.2, 0) is 24.1 Å². The highest BCUT2D eigenvalue weighted by Gasteiger charge is 2.37. The molecule has 6 heteroatoms. The molecule has 0 spiro atoms. The lowest BCUT2D eigenvalue weighted by Crippen LogP contribution is -2.41. The van der Waals surface area contributed by atoms with Crippen LogP contribution in [0.4, 0.5) is 0 Å². The van der Waals surface area contributed by atoms with E-state index in [1.54, 1.807) is 12.2 Å². The molecule has 1 aliphatic carbocycles. The zero-order valence-electron chi connectivity index (χ0n) is 16.8. The van der Waals surface area contributed by atoms with Crippen LogP contribution in [0.5, 0.6) is 0 Å². The van der Waals surface area contributed by atoms with Crippen molar-refractivity contribution >= 4 is 34.7 Å². The SMILES string of the molecule is C=C/C=C(\C=C)c1cc(Cl)c(CC2CCN(C3CCc4[nH]ncc4C3)C2=O)c(Cl)c1. The molecule has 1 aromatic heterocycles. The molecule has 1 N–H and O–H groups in total. The number of carbonyl (C=O) groups is 1. The van der Waals surface area contributed by atoms with Crippen molar-refractivity contribution in [3.8, 4) is 0 Å². The number of likely N-dealkylation sites (tertiary alicyclic amines) is 1. The van der Waals surface area contributed by atoms with Gasteiger partial charge in [0.05, 0.1) is 6.20 Å². The number of amides is 1. The molecule has 1 aromatic carbocycles. The predicted molar refractivity (Wildman–Crippen MR) is 123 cm³/mol. The third-order valence-electron chi connectivity index (χ3n) is 6.22. The molecule has 4 nitrogen and oxygen atoms in total. The van der Waals surface area contributed by atoms with Crippen LogP contribution in [0.2, 0.25) is 10.0 Å². The number of fused-ring (bicyclic) bond motifs is 1. The molecule has 1 amide bonds. The van der Waals surface area contributed by atoms with Gasteiger partial charge in [0.2, 0.25) is 5.91 Å². The molecule has 4 rings (SSSR count). The summed E-state index contributed by atoms with van der Waals surface area (Å²) in [5.74, 6) is 0.126. The molecule has 0 bridgehead atoms. The number of halogens is 2. The minimum atomic E-state index is -0.0841. The van der Waals surface area contributed by atoms with Gasteiger partial charge in [0.1, 0.15) is 0 Å². The van der Waals surface area contributed by atoms with Crippen LogP contribution in [-0.4, -0.2) is 33.6 Å². The van der Waals surface area contributed by atoms with E-state index in [1.165, 1.54) is 11.3 Å². The van der Waals surface area contributed by atoms with Gasteiger partial charge in [-0.15, -0.1) is 0 Å². The fourth-order valence-electron chi connectivity index (χ4n) is 4.60. The maximum absolute atomic E-state index is 13.2. The molecule has 30 heavy (non-hydrogen) atoms. The van der Waals surface area contributed by atoms with Crippen LogP contribution in [0.15, 0.2) is 49.7 Å². The van der Waals surface area contributed by atoms with Gasteiger partial charge in [0.25, 0.3) is 0 Å². The van der Waals surface area contributed by atoms with Crippen molar-refractivity contribution in [1.29, 1.82) is 0 Å². The molecule has 1 fully saturated rings. The lowest BCUT2D eigenvalue weighted by atomic mass is 9.92. The number of allylic oxidation sites excluding steroid dienone is 4. The number of H-pyrrole nitrogens is 1. The summed E-state index contributed by atoms with van der Waals surface area (Å²) < 4.78 is 0. The summed E-state index contributed by atoms with van der Waals surface area (Å²) in [6.07, 6.45) is 11.4. The molecule has 2 heterocycles. The first kappa shape index (κ1) is 21.0. The highest BCUT2D eigenvalue weighted by molar-refractivity contribution is 6.36. The Kier molecular flexibility index (Phi) is 6.16. The molecular formula is C24H25Cl2N3O. The molecule has 0 saturated carbocycles. The zero-order valence-corrected chi connectivity index (χ0v) is 18.3. The first-order chi connectivity index (χ1) is 14.5. The van der Waals surface area contributed by atoms with Gasteiger partial charge in [-0.3, -0.25) is 9.89 Å². The average Bonchev–Trinajstić information content (AvgIpc) is 3.34. The fraction of sp³-hybridized carbons (Fsp3) is 0.333. The number of aryl methyl sites for hydroxylation is 1. The summed E-state index contributed by atoms with van der Waals surface area (Å²) in [6, 6.07) is 4.02. The molecule has 1 aliphatic heterocycles. The van der Waals surface area contributed by atoms with Gasteiger partial charge in [-0.25, -0.2) is 0 Å². The van der Waals surface area contributed by atoms with Crippen molar-refractivity contribution in [1.82, 2.24) is 15.1 Å². The Hall–Kier alpha value is -2.30. The monoisotopic (exact) mass is 441 g/mol. The van der Waals surface area contributed by atoms with Crippen LogP contribution in [0.3, 0.4) is 0 Å². The van der Waals surface area contributed by atoms with Crippen molar-refractivity contribution in [3.05, 3.63) is 82.1 Å². The van der Waals surface area contributed by atoms with E-state index in [0.717, 1.165) is 48.9 Å². The highest BCUT2D eigenvalue weighted by atomic mass is 35.5. The van der Waals surface area contributed by atoms with E-state index in [0.29, 0.717) is 16.5 Å². The van der Waals surface area contributed by atoms with Crippen LogP contribution < -0.4 is 0 Å². The smallest absolute Gasteiger partial charge is 0.226 e. The second-order valence-electron chi connectivity index (χ2n) is 7.97.